The number of alkyl halides is 3. The van der Waals surface area contributed by atoms with Gasteiger partial charge in [0.15, 0.2) is 0 Å². The molecule has 0 radical (unpaired) electrons. The van der Waals surface area contributed by atoms with E-state index in [0.717, 1.165) is 15.6 Å². The van der Waals surface area contributed by atoms with Gasteiger partial charge in [-0.3, -0.25) is 14.3 Å². The normalized spacial score (nSPS) is 18.5. The van der Waals surface area contributed by atoms with Gasteiger partial charge in [-0.1, -0.05) is 0 Å². The maximum atomic E-state index is 14.9. The predicted octanol–water partition coefficient (Wildman–Crippen LogP) is 3.98. The second-order valence-corrected chi connectivity index (χ2v) is 9.62. The minimum absolute atomic E-state index is 0.0120. The van der Waals surface area contributed by atoms with Crippen molar-refractivity contribution in [2.24, 2.45) is 0 Å². The number of benzene rings is 1. The van der Waals surface area contributed by atoms with Crippen LogP contribution in [0.3, 0.4) is 0 Å². The summed E-state index contributed by atoms with van der Waals surface area (Å²) in [4.78, 5) is 35.4. The predicted molar refractivity (Wildman–Crippen MR) is 125 cm³/mol. The van der Waals surface area contributed by atoms with E-state index in [4.69, 9.17) is 0 Å². The summed E-state index contributed by atoms with van der Waals surface area (Å²) in [5.74, 6) is -3.27. The average Bonchev–Trinajstić information content (AvgIpc) is 3.56. The number of nitrogens with one attached hydrogen (secondary N) is 1. The Kier molecular flexibility index (Phi) is 5.61. The molecule has 1 atom stereocenters. The van der Waals surface area contributed by atoms with Crippen molar-refractivity contribution in [3.05, 3.63) is 59.6 Å². The minimum Gasteiger partial charge on any atom is -0.346 e. The van der Waals surface area contributed by atoms with Gasteiger partial charge in [-0.25, -0.2) is 13.8 Å². The molecule has 0 saturated carbocycles. The van der Waals surface area contributed by atoms with E-state index in [1.54, 1.807) is 23.2 Å². The van der Waals surface area contributed by atoms with Gasteiger partial charge >= 0.3 is 6.18 Å². The van der Waals surface area contributed by atoms with Gasteiger partial charge in [-0.2, -0.15) is 18.3 Å². The van der Waals surface area contributed by atoms with E-state index in [1.165, 1.54) is 6.20 Å². The summed E-state index contributed by atoms with van der Waals surface area (Å²) in [6, 6.07) is 3.16. The maximum Gasteiger partial charge on any atom is 0.408 e. The number of H-pyrrole nitrogens is 1. The fraction of sp³-hybridized carbons (Fsp3) is 0.360. The third-order valence-electron chi connectivity index (χ3n) is 7.28. The Bertz CT molecular complexity index is 1570. The molecule has 2 saturated heterocycles. The summed E-state index contributed by atoms with van der Waals surface area (Å²) in [6.07, 6.45) is -1.35. The average molecular weight is 532 g/mol. The molecule has 13 heteroatoms. The topological polar surface area (TPSA) is 87.1 Å². The molecule has 0 bridgehead atoms. The Labute approximate surface area is 212 Å². The number of fused-ring (bicyclic) bond motifs is 2. The lowest BCUT2D eigenvalue weighted by atomic mass is 9.92. The number of halogens is 5. The van der Waals surface area contributed by atoms with Crippen LogP contribution < -0.4 is 0 Å². The quantitative estimate of drug-likeness (QED) is 0.403. The molecule has 2 amide bonds. The van der Waals surface area contributed by atoms with Gasteiger partial charge in [0.2, 0.25) is 5.91 Å². The van der Waals surface area contributed by atoms with Crippen LogP contribution in [0.25, 0.3) is 21.9 Å². The number of likely N-dealkylation sites (tertiary alicyclic amines) is 2. The third kappa shape index (κ3) is 3.96. The molecule has 1 aromatic carbocycles. The summed E-state index contributed by atoms with van der Waals surface area (Å²) >= 11 is 0. The van der Waals surface area contributed by atoms with Crippen molar-refractivity contribution in [3.8, 4) is 0 Å². The molecule has 0 unspecified atom stereocenters. The first-order chi connectivity index (χ1) is 18.1. The van der Waals surface area contributed by atoms with E-state index in [9.17, 15) is 31.5 Å². The first kappa shape index (κ1) is 24.3. The zero-order chi connectivity index (χ0) is 26.8. The van der Waals surface area contributed by atoms with Crippen LogP contribution in [0.4, 0.5) is 22.0 Å². The van der Waals surface area contributed by atoms with Crippen LogP contribution in [0.2, 0.25) is 0 Å². The molecule has 0 aliphatic carbocycles. The van der Waals surface area contributed by atoms with Crippen molar-refractivity contribution in [2.75, 3.05) is 19.6 Å². The van der Waals surface area contributed by atoms with Crippen LogP contribution in [0, 0.1) is 11.6 Å². The molecule has 3 aromatic heterocycles. The zero-order valence-electron chi connectivity index (χ0n) is 19.8. The fourth-order valence-corrected chi connectivity index (χ4v) is 5.42. The molecule has 0 spiro atoms. The monoisotopic (exact) mass is 532 g/mol. The van der Waals surface area contributed by atoms with E-state index >= 15 is 0 Å². The van der Waals surface area contributed by atoms with Crippen LogP contribution in [0.5, 0.6) is 0 Å². The van der Waals surface area contributed by atoms with Gasteiger partial charge in [-0.05, 0) is 25.0 Å². The van der Waals surface area contributed by atoms with Crippen LogP contribution in [-0.4, -0.2) is 73.2 Å². The maximum absolute atomic E-state index is 14.9. The van der Waals surface area contributed by atoms with E-state index in [1.807, 2.05) is 0 Å². The highest BCUT2D eigenvalue weighted by molar-refractivity contribution is 6.05. The number of aromatic amines is 1. The molecule has 6 rings (SSSR count). The van der Waals surface area contributed by atoms with Crippen molar-refractivity contribution < 1.29 is 31.5 Å². The second kappa shape index (κ2) is 8.77. The largest absolute Gasteiger partial charge is 0.408 e. The molecule has 8 nitrogen and oxygen atoms in total. The molecular weight excluding hydrogens is 511 g/mol. The minimum atomic E-state index is -4.57. The van der Waals surface area contributed by atoms with Crippen molar-refractivity contribution in [2.45, 2.75) is 37.5 Å². The molecule has 4 aromatic rings. The van der Waals surface area contributed by atoms with Crippen LogP contribution in [0.1, 0.15) is 34.8 Å². The molecule has 1 N–H and O–H groups in total. The number of carbonyl (C=O) groups is 2. The van der Waals surface area contributed by atoms with Crippen molar-refractivity contribution in [1.29, 1.82) is 0 Å². The Morgan fingerprint density at radius 3 is 2.68 bits per heavy atom. The van der Waals surface area contributed by atoms with Gasteiger partial charge in [0.05, 0.1) is 22.2 Å². The number of pyridine rings is 1. The van der Waals surface area contributed by atoms with E-state index < -0.39 is 42.2 Å². The zero-order valence-corrected chi connectivity index (χ0v) is 19.8. The first-order valence-electron chi connectivity index (χ1n) is 12.0. The van der Waals surface area contributed by atoms with Crippen molar-refractivity contribution in [3.63, 3.8) is 0 Å². The van der Waals surface area contributed by atoms with Gasteiger partial charge in [0.25, 0.3) is 5.91 Å². The summed E-state index contributed by atoms with van der Waals surface area (Å²) < 4.78 is 70.2. The van der Waals surface area contributed by atoms with Crippen LogP contribution in [0.15, 0.2) is 36.7 Å². The van der Waals surface area contributed by atoms with E-state index in [0.29, 0.717) is 22.7 Å². The van der Waals surface area contributed by atoms with Gasteiger partial charge in [-0.15, -0.1) is 0 Å². The van der Waals surface area contributed by atoms with Crippen molar-refractivity contribution in [1.82, 2.24) is 29.5 Å². The summed E-state index contributed by atoms with van der Waals surface area (Å²) in [7, 11) is 0. The fourth-order valence-electron chi connectivity index (χ4n) is 5.42. The van der Waals surface area contributed by atoms with Gasteiger partial charge in [0, 0.05) is 55.5 Å². The SMILES string of the molecule is O=C(c1ccnc2[nH]ccc12)N1CC(c2nn(CC(=O)N3CCC[C@H]3C(F)(F)F)c3cc(F)cc(F)c23)C1. The highest BCUT2D eigenvalue weighted by atomic mass is 19.4. The number of hydrogen-bond donors (Lipinski definition) is 1. The van der Waals surface area contributed by atoms with Crippen molar-refractivity contribution >= 4 is 33.8 Å². The summed E-state index contributed by atoms with van der Waals surface area (Å²) in [6.45, 7) is -0.247. The van der Waals surface area contributed by atoms with E-state index in [-0.39, 0.29) is 55.0 Å². The molecule has 2 aliphatic heterocycles. The molecule has 198 valence electrons. The number of amides is 2. The Balaban J connectivity index is 1.27. The number of hydrogen-bond acceptors (Lipinski definition) is 4. The molecule has 2 aliphatic rings. The van der Waals surface area contributed by atoms with Gasteiger partial charge in [0.1, 0.15) is 29.9 Å². The number of rotatable bonds is 4. The van der Waals surface area contributed by atoms with E-state index in [2.05, 4.69) is 15.1 Å². The lowest BCUT2D eigenvalue weighted by Gasteiger charge is -2.38. The Hall–Kier alpha value is -4.03. The number of aromatic nitrogens is 4. The van der Waals surface area contributed by atoms with Crippen LogP contribution >= 0.6 is 0 Å². The lowest BCUT2D eigenvalue weighted by molar-refractivity contribution is -0.183. The highest BCUT2D eigenvalue weighted by Gasteiger charge is 2.47. The molecule has 5 heterocycles. The third-order valence-corrected chi connectivity index (χ3v) is 7.28. The smallest absolute Gasteiger partial charge is 0.346 e. The standard InChI is InChI=1S/C25H21F5N6O2/c26-14-8-17(27)21-18(9-14)36(12-20(37)35-7-1-2-19(35)25(28,29)30)33-22(21)13-10-34(11-13)24(38)16-4-6-32-23-15(16)3-5-31-23/h3-6,8-9,13,19H,1-2,7,10-12H2,(H,31,32)/t19-/m0/s1. The molecule has 38 heavy (non-hydrogen) atoms. The Morgan fingerprint density at radius 2 is 1.92 bits per heavy atom. The summed E-state index contributed by atoms with van der Waals surface area (Å²) in [5.41, 5.74) is 1.22. The highest BCUT2D eigenvalue weighted by Crippen LogP contribution is 2.36. The molecule has 2 fully saturated rings. The molecular formula is C25H21F5N6O2. The second-order valence-electron chi connectivity index (χ2n) is 9.62. The first-order valence-corrected chi connectivity index (χ1v) is 12.0. The van der Waals surface area contributed by atoms with Gasteiger partial charge < -0.3 is 14.8 Å². The number of carbonyl (C=O) groups excluding carboxylic acids is 2. The summed E-state index contributed by atoms with van der Waals surface area (Å²) in [5, 5.41) is 5.00. The lowest BCUT2D eigenvalue weighted by Crippen LogP contribution is -2.48. The Morgan fingerprint density at radius 1 is 1.13 bits per heavy atom. The van der Waals surface area contributed by atoms with Crippen LogP contribution in [-0.2, 0) is 11.3 Å². The number of nitrogens with zero attached hydrogens (tertiary/aromatic N) is 5.